The summed E-state index contributed by atoms with van der Waals surface area (Å²) >= 11 is 3.39. The van der Waals surface area contributed by atoms with E-state index in [0.717, 1.165) is 14.7 Å². The maximum absolute atomic E-state index is 13.7. The molecule has 0 aliphatic rings. The van der Waals surface area contributed by atoms with Gasteiger partial charge in [0.2, 0.25) is 11.6 Å². The first-order valence-corrected chi connectivity index (χ1v) is 14.6. The van der Waals surface area contributed by atoms with Crippen LogP contribution in [0.2, 0.25) is 0 Å². The summed E-state index contributed by atoms with van der Waals surface area (Å²) in [5.74, 6) is 1.18. The van der Waals surface area contributed by atoms with E-state index in [1.807, 2.05) is 24.3 Å². The molecule has 0 bridgehead atoms. The highest BCUT2D eigenvalue weighted by Gasteiger charge is 2.23. The second kappa shape index (κ2) is 12.6. The maximum Gasteiger partial charge on any atom is 0.315 e. The van der Waals surface area contributed by atoms with E-state index in [9.17, 15) is 14.9 Å². The first-order valence-electron chi connectivity index (χ1n) is 13.8. The van der Waals surface area contributed by atoms with Gasteiger partial charge in [0.1, 0.15) is 17.9 Å². The van der Waals surface area contributed by atoms with E-state index in [4.69, 9.17) is 23.6 Å². The van der Waals surface area contributed by atoms with Crippen molar-refractivity contribution in [3.05, 3.63) is 121 Å². The number of nitro benzene ring substituents is 1. The fourth-order valence-electron chi connectivity index (χ4n) is 4.80. The van der Waals surface area contributed by atoms with Crippen molar-refractivity contribution in [2.75, 3.05) is 13.7 Å². The smallest absolute Gasteiger partial charge is 0.315 e. The normalized spacial score (nSPS) is 11.4. The van der Waals surface area contributed by atoms with Gasteiger partial charge in [-0.25, -0.2) is 4.98 Å². The average molecular weight is 669 g/mol. The standard InChI is InChI=1S/C33H25BrN4O7/c1-3-43-29-16-21(15-26(38(40)41)31(29)44-19-20-11-13-22(34)14-12-20)18-35-37-32(36-25-8-5-4-7-23(25)33(37)39)30-17-24-27(42-2)9-6-10-28(24)45-30/h4-18H,3,19H2,1-2H3. The van der Waals surface area contributed by atoms with Gasteiger partial charge in [0, 0.05) is 16.1 Å². The minimum Gasteiger partial charge on any atom is -0.496 e. The van der Waals surface area contributed by atoms with Crippen molar-refractivity contribution in [2.24, 2.45) is 5.10 Å². The Morgan fingerprint density at radius 3 is 2.56 bits per heavy atom. The van der Waals surface area contributed by atoms with Crippen LogP contribution in [0.5, 0.6) is 17.2 Å². The lowest BCUT2D eigenvalue weighted by atomic mass is 10.1. The third-order valence-electron chi connectivity index (χ3n) is 6.89. The number of methoxy groups -OCH3 is 1. The molecule has 6 rings (SSSR count). The largest absolute Gasteiger partial charge is 0.496 e. The lowest BCUT2D eigenvalue weighted by Gasteiger charge is -2.13. The zero-order chi connectivity index (χ0) is 31.5. The van der Waals surface area contributed by atoms with Crippen LogP contribution in [0, 0.1) is 10.1 Å². The number of hydrogen-bond acceptors (Lipinski definition) is 9. The van der Waals surface area contributed by atoms with E-state index in [2.05, 4.69) is 21.0 Å². The number of hydrogen-bond donors (Lipinski definition) is 0. The lowest BCUT2D eigenvalue weighted by molar-refractivity contribution is -0.386. The quantitative estimate of drug-likeness (QED) is 0.0841. The summed E-state index contributed by atoms with van der Waals surface area (Å²) in [5, 5.41) is 17.7. The number of halogens is 1. The summed E-state index contributed by atoms with van der Waals surface area (Å²) < 4.78 is 25.2. The van der Waals surface area contributed by atoms with E-state index < -0.39 is 10.5 Å². The Morgan fingerprint density at radius 1 is 1.00 bits per heavy atom. The Labute approximate surface area is 264 Å². The SMILES string of the molecule is CCOc1cc(C=Nn2c(-c3cc4c(OC)cccc4o3)nc3ccccc3c2=O)cc([N+](=O)[O-])c1OCc1ccc(Br)cc1. The summed E-state index contributed by atoms with van der Waals surface area (Å²) in [4.78, 5) is 30.0. The molecule has 0 radical (unpaired) electrons. The molecule has 45 heavy (non-hydrogen) atoms. The first-order chi connectivity index (χ1) is 21.9. The fraction of sp³-hybridized carbons (Fsp3) is 0.121. The van der Waals surface area contributed by atoms with E-state index in [0.29, 0.717) is 33.2 Å². The molecule has 0 N–H and O–H groups in total. The fourth-order valence-corrected chi connectivity index (χ4v) is 5.06. The molecule has 2 aromatic heterocycles. The Balaban J connectivity index is 1.45. The molecule has 11 nitrogen and oxygen atoms in total. The number of para-hydroxylation sites is 1. The second-order valence-corrected chi connectivity index (χ2v) is 10.7. The van der Waals surface area contributed by atoms with Crippen molar-refractivity contribution in [3.8, 4) is 28.8 Å². The van der Waals surface area contributed by atoms with Crippen molar-refractivity contribution < 1.29 is 23.6 Å². The molecule has 12 heteroatoms. The number of fused-ring (bicyclic) bond motifs is 2. The molecule has 0 unspecified atom stereocenters. The Morgan fingerprint density at radius 2 is 1.80 bits per heavy atom. The zero-order valence-electron chi connectivity index (χ0n) is 24.1. The minimum atomic E-state index is -0.548. The van der Waals surface area contributed by atoms with Crippen LogP contribution >= 0.6 is 15.9 Å². The first kappa shape index (κ1) is 29.6. The van der Waals surface area contributed by atoms with Crippen LogP contribution in [0.1, 0.15) is 18.1 Å². The molecule has 0 amide bonds. The van der Waals surface area contributed by atoms with Gasteiger partial charge in [-0.15, -0.1) is 0 Å². The molecule has 0 fully saturated rings. The zero-order valence-corrected chi connectivity index (χ0v) is 25.7. The van der Waals surface area contributed by atoms with Gasteiger partial charge in [0.05, 0.1) is 41.1 Å². The van der Waals surface area contributed by atoms with Gasteiger partial charge in [-0.3, -0.25) is 14.9 Å². The molecular weight excluding hydrogens is 644 g/mol. The van der Waals surface area contributed by atoms with Crippen molar-refractivity contribution in [1.29, 1.82) is 0 Å². The number of ether oxygens (including phenoxy) is 3. The summed E-state index contributed by atoms with van der Waals surface area (Å²) in [7, 11) is 1.56. The Hall–Kier alpha value is -5.49. The second-order valence-electron chi connectivity index (χ2n) is 9.77. The highest BCUT2D eigenvalue weighted by Crippen LogP contribution is 2.39. The summed E-state index contributed by atoms with van der Waals surface area (Å²) in [6.45, 7) is 2.09. The van der Waals surface area contributed by atoms with Crippen LogP contribution in [0.15, 0.2) is 104 Å². The molecule has 0 aliphatic carbocycles. The van der Waals surface area contributed by atoms with Gasteiger partial charge in [0.25, 0.3) is 5.56 Å². The molecule has 2 heterocycles. The van der Waals surface area contributed by atoms with Crippen molar-refractivity contribution in [1.82, 2.24) is 9.66 Å². The molecule has 0 atom stereocenters. The lowest BCUT2D eigenvalue weighted by Crippen LogP contribution is -2.20. The topological polar surface area (TPSA) is 131 Å². The van der Waals surface area contributed by atoms with Crippen LogP contribution in [0.25, 0.3) is 33.5 Å². The number of furan rings is 1. The van der Waals surface area contributed by atoms with Crippen LogP contribution in [-0.4, -0.2) is 34.5 Å². The van der Waals surface area contributed by atoms with E-state index in [-0.39, 0.29) is 42.0 Å². The Kier molecular flexibility index (Phi) is 8.30. The van der Waals surface area contributed by atoms with Gasteiger partial charge >= 0.3 is 5.69 Å². The van der Waals surface area contributed by atoms with Crippen LogP contribution in [0.3, 0.4) is 0 Å². The van der Waals surface area contributed by atoms with E-state index in [1.54, 1.807) is 68.6 Å². The third kappa shape index (κ3) is 6.00. The molecule has 4 aromatic carbocycles. The molecule has 0 aliphatic heterocycles. The third-order valence-corrected chi connectivity index (χ3v) is 7.42. The highest BCUT2D eigenvalue weighted by atomic mass is 79.9. The molecule has 226 valence electrons. The van der Waals surface area contributed by atoms with Crippen molar-refractivity contribution in [3.63, 3.8) is 0 Å². The predicted molar refractivity (Wildman–Crippen MR) is 173 cm³/mol. The van der Waals surface area contributed by atoms with Crippen molar-refractivity contribution >= 4 is 49.7 Å². The number of nitro groups is 1. The predicted octanol–water partition coefficient (Wildman–Crippen LogP) is 7.35. The Bertz CT molecular complexity index is 2140. The highest BCUT2D eigenvalue weighted by molar-refractivity contribution is 9.10. The van der Waals surface area contributed by atoms with Crippen LogP contribution in [-0.2, 0) is 6.61 Å². The number of aromatic nitrogens is 2. The van der Waals surface area contributed by atoms with Gasteiger partial charge in [-0.05, 0) is 61.0 Å². The minimum absolute atomic E-state index is 0.0108. The van der Waals surface area contributed by atoms with Gasteiger partial charge in [0.15, 0.2) is 11.5 Å². The van der Waals surface area contributed by atoms with Gasteiger partial charge in [-0.2, -0.15) is 9.78 Å². The molecule has 0 spiro atoms. The van der Waals surface area contributed by atoms with Crippen molar-refractivity contribution in [2.45, 2.75) is 13.5 Å². The number of benzene rings is 4. The van der Waals surface area contributed by atoms with E-state index in [1.165, 1.54) is 12.3 Å². The van der Waals surface area contributed by atoms with Crippen LogP contribution < -0.4 is 19.8 Å². The van der Waals surface area contributed by atoms with E-state index >= 15 is 0 Å². The number of rotatable bonds is 10. The monoisotopic (exact) mass is 668 g/mol. The molecule has 0 saturated heterocycles. The number of nitrogens with zero attached hydrogens (tertiary/aromatic N) is 4. The average Bonchev–Trinajstić information content (AvgIpc) is 3.49. The van der Waals surface area contributed by atoms with Crippen LogP contribution in [0.4, 0.5) is 5.69 Å². The summed E-state index contributed by atoms with van der Waals surface area (Å²) in [5.41, 5.74) is 1.36. The molecular formula is C33H25BrN4O7. The molecule has 6 aromatic rings. The molecule has 0 saturated carbocycles. The summed E-state index contributed by atoms with van der Waals surface area (Å²) in [6, 6.07) is 24.3. The summed E-state index contributed by atoms with van der Waals surface area (Å²) in [6.07, 6.45) is 1.33. The van der Waals surface area contributed by atoms with Gasteiger partial charge in [-0.1, -0.05) is 46.3 Å². The van der Waals surface area contributed by atoms with Gasteiger partial charge < -0.3 is 18.6 Å². The maximum atomic E-state index is 13.7.